The van der Waals surface area contributed by atoms with Crippen LogP contribution in [0.25, 0.3) is 11.1 Å². The van der Waals surface area contributed by atoms with Crippen LogP contribution in [-0.4, -0.2) is 29.2 Å². The summed E-state index contributed by atoms with van der Waals surface area (Å²) in [7, 11) is 0. The van der Waals surface area contributed by atoms with Crippen molar-refractivity contribution < 1.29 is 14.6 Å². The molecule has 0 spiro atoms. The van der Waals surface area contributed by atoms with Crippen LogP contribution in [0.4, 0.5) is 0 Å². The van der Waals surface area contributed by atoms with Gasteiger partial charge in [-0.25, -0.2) is 4.98 Å². The van der Waals surface area contributed by atoms with Gasteiger partial charge in [-0.3, -0.25) is 4.79 Å². The molecule has 0 unspecified atom stereocenters. The maximum absolute atomic E-state index is 11.1. The Morgan fingerprint density at radius 2 is 2.04 bits per heavy atom. The first-order valence-electron chi connectivity index (χ1n) is 7.54. The van der Waals surface area contributed by atoms with Gasteiger partial charge in [0.25, 0.3) is 0 Å². The number of nitrogens with two attached hydrogens (primary N) is 1. The topological polar surface area (TPSA) is 85.4 Å². The molecule has 1 atom stereocenters. The number of aldehydes is 1. The van der Waals surface area contributed by atoms with Gasteiger partial charge in [0.1, 0.15) is 12.5 Å². The smallest absolute Gasteiger partial charge is 0.216 e. The molecule has 0 saturated carbocycles. The van der Waals surface area contributed by atoms with E-state index in [0.29, 0.717) is 24.5 Å². The number of pyridine rings is 1. The number of aryl methyl sites for hydroxylation is 2. The lowest BCUT2D eigenvalue weighted by molar-refractivity contribution is 0.112. The molecule has 0 saturated heterocycles. The van der Waals surface area contributed by atoms with Crippen LogP contribution in [0.15, 0.2) is 24.3 Å². The summed E-state index contributed by atoms with van der Waals surface area (Å²) in [6.45, 7) is 6.07. The molecule has 2 aromatic rings. The Morgan fingerprint density at radius 3 is 2.70 bits per heavy atom. The summed E-state index contributed by atoms with van der Waals surface area (Å²) < 4.78 is 5.59. The zero-order valence-corrected chi connectivity index (χ0v) is 13.7. The van der Waals surface area contributed by atoms with Gasteiger partial charge in [-0.1, -0.05) is 18.2 Å². The summed E-state index contributed by atoms with van der Waals surface area (Å²) in [5.41, 5.74) is 10.6. The molecule has 1 aromatic heterocycles. The third-order valence-electron chi connectivity index (χ3n) is 3.80. The molecule has 0 aliphatic rings. The molecule has 0 aliphatic heterocycles. The summed E-state index contributed by atoms with van der Waals surface area (Å²) in [5.74, 6) is 0.538. The molecule has 5 heteroatoms. The van der Waals surface area contributed by atoms with Gasteiger partial charge in [0.15, 0.2) is 0 Å². The molecule has 0 amide bonds. The molecule has 0 bridgehead atoms. The number of aromatic nitrogens is 1. The normalized spacial score (nSPS) is 12.0. The van der Waals surface area contributed by atoms with E-state index in [-0.39, 0.29) is 0 Å². The summed E-state index contributed by atoms with van der Waals surface area (Å²) in [6.07, 6.45) is 0.330. The first-order valence-corrected chi connectivity index (χ1v) is 7.54. The average molecular weight is 314 g/mol. The highest BCUT2D eigenvalue weighted by Crippen LogP contribution is 2.30. The highest BCUT2D eigenvalue weighted by Gasteiger charge is 2.13. The van der Waals surface area contributed by atoms with Crippen molar-refractivity contribution in [3.8, 4) is 17.0 Å². The van der Waals surface area contributed by atoms with Crippen LogP contribution in [0.5, 0.6) is 5.88 Å². The van der Waals surface area contributed by atoms with Crippen molar-refractivity contribution in [2.24, 2.45) is 5.73 Å². The van der Waals surface area contributed by atoms with Crippen LogP contribution < -0.4 is 10.5 Å². The van der Waals surface area contributed by atoms with Gasteiger partial charge in [-0.05, 0) is 38.0 Å². The number of carbonyl (C=O) groups excluding carboxylic acids is 1. The van der Waals surface area contributed by atoms with E-state index in [1.807, 2.05) is 39.0 Å². The second-order valence-electron chi connectivity index (χ2n) is 5.59. The number of aliphatic hydroxyl groups excluding tert-OH is 1. The number of ether oxygens (including phenoxy) is 1. The third-order valence-corrected chi connectivity index (χ3v) is 3.80. The van der Waals surface area contributed by atoms with Crippen LogP contribution in [0.3, 0.4) is 0 Å². The molecule has 122 valence electrons. The van der Waals surface area contributed by atoms with Crippen LogP contribution in [0.1, 0.15) is 33.6 Å². The van der Waals surface area contributed by atoms with Crippen molar-refractivity contribution in [3.63, 3.8) is 0 Å². The van der Waals surface area contributed by atoms with Crippen LogP contribution in [-0.2, 0) is 0 Å². The zero-order valence-electron chi connectivity index (χ0n) is 13.7. The summed E-state index contributed by atoms with van der Waals surface area (Å²) in [4.78, 5) is 15.6. The Labute approximate surface area is 136 Å². The minimum absolute atomic E-state index is 0.309. The van der Waals surface area contributed by atoms with Gasteiger partial charge in [0.2, 0.25) is 5.88 Å². The minimum Gasteiger partial charge on any atom is -0.477 e. The van der Waals surface area contributed by atoms with E-state index in [2.05, 4.69) is 4.98 Å². The molecule has 5 nitrogen and oxygen atoms in total. The fourth-order valence-corrected chi connectivity index (χ4v) is 2.45. The van der Waals surface area contributed by atoms with E-state index in [1.165, 1.54) is 0 Å². The Kier molecular flexibility index (Phi) is 5.47. The monoisotopic (exact) mass is 314 g/mol. The van der Waals surface area contributed by atoms with E-state index in [1.54, 1.807) is 6.07 Å². The number of hydrogen-bond acceptors (Lipinski definition) is 5. The predicted molar refractivity (Wildman–Crippen MR) is 89.6 cm³/mol. The number of hydrogen-bond donors (Lipinski definition) is 2. The second kappa shape index (κ2) is 7.35. The lowest BCUT2D eigenvalue weighted by atomic mass is 9.95. The van der Waals surface area contributed by atoms with Gasteiger partial charge in [0, 0.05) is 28.8 Å². The van der Waals surface area contributed by atoms with Gasteiger partial charge in [-0.15, -0.1) is 0 Å². The average Bonchev–Trinajstić information content (AvgIpc) is 2.50. The van der Waals surface area contributed by atoms with Gasteiger partial charge < -0.3 is 15.6 Å². The lowest BCUT2D eigenvalue weighted by Crippen LogP contribution is -2.21. The van der Waals surface area contributed by atoms with Crippen molar-refractivity contribution in [1.82, 2.24) is 4.98 Å². The van der Waals surface area contributed by atoms with E-state index in [9.17, 15) is 4.79 Å². The summed E-state index contributed by atoms with van der Waals surface area (Å²) in [5, 5.41) is 9.08. The number of benzene rings is 1. The minimum atomic E-state index is -0.885. The molecule has 0 aliphatic carbocycles. The van der Waals surface area contributed by atoms with Gasteiger partial charge in [-0.2, -0.15) is 0 Å². The van der Waals surface area contributed by atoms with Crippen molar-refractivity contribution in [2.45, 2.75) is 33.4 Å². The van der Waals surface area contributed by atoms with E-state index in [0.717, 1.165) is 34.2 Å². The highest BCUT2D eigenvalue weighted by molar-refractivity contribution is 5.83. The maximum atomic E-state index is 11.1. The Bertz CT molecular complexity index is 712. The van der Waals surface area contributed by atoms with Crippen molar-refractivity contribution in [1.29, 1.82) is 0 Å². The Balaban J connectivity index is 2.35. The fraction of sp³-hybridized carbons (Fsp3) is 0.333. The van der Waals surface area contributed by atoms with Crippen LogP contribution in [0.2, 0.25) is 0 Å². The van der Waals surface area contributed by atoms with Crippen molar-refractivity contribution >= 4 is 6.29 Å². The maximum Gasteiger partial charge on any atom is 0.216 e. The zero-order chi connectivity index (χ0) is 17.0. The molecular weight excluding hydrogens is 292 g/mol. The molecular formula is C18H22N2O3. The van der Waals surface area contributed by atoms with Crippen molar-refractivity contribution in [3.05, 3.63) is 46.6 Å². The van der Waals surface area contributed by atoms with Crippen LogP contribution >= 0.6 is 0 Å². The molecule has 3 N–H and O–H groups in total. The van der Waals surface area contributed by atoms with E-state index < -0.39 is 6.23 Å². The fourth-order valence-electron chi connectivity index (χ4n) is 2.45. The molecule has 1 heterocycles. The molecule has 23 heavy (non-hydrogen) atoms. The number of rotatable bonds is 6. The second-order valence-corrected chi connectivity index (χ2v) is 5.59. The SMILES string of the molecule is Cc1cc(-c2cccc(C=O)c2C)c(C)nc1OCC[C@@H](N)O. The Hall–Kier alpha value is -2.24. The molecule has 2 rings (SSSR count). The van der Waals surface area contributed by atoms with Gasteiger partial charge in [0.05, 0.1) is 6.61 Å². The quantitative estimate of drug-likeness (QED) is 0.632. The summed E-state index contributed by atoms with van der Waals surface area (Å²) in [6, 6.07) is 7.66. The number of nitrogens with zero attached hydrogens (tertiary/aromatic N) is 1. The van der Waals surface area contributed by atoms with Gasteiger partial charge >= 0.3 is 0 Å². The summed E-state index contributed by atoms with van der Waals surface area (Å²) >= 11 is 0. The third kappa shape index (κ3) is 3.94. The number of aliphatic hydroxyl groups is 1. The standard InChI is InChI=1S/C18H22N2O3/c1-11-9-16(15-6-4-5-14(10-21)12(15)2)13(3)20-18(11)23-8-7-17(19)22/h4-6,9-10,17,22H,7-8,19H2,1-3H3/t17-/m0/s1. The van der Waals surface area contributed by atoms with Crippen molar-refractivity contribution in [2.75, 3.05) is 6.61 Å². The first-order chi connectivity index (χ1) is 10.9. The molecule has 1 aromatic carbocycles. The van der Waals surface area contributed by atoms with Crippen LogP contribution in [0, 0.1) is 20.8 Å². The first kappa shape index (κ1) is 17.1. The predicted octanol–water partition coefficient (Wildman–Crippen LogP) is 2.53. The largest absolute Gasteiger partial charge is 0.477 e. The van der Waals surface area contributed by atoms with E-state index in [4.69, 9.17) is 15.6 Å². The Morgan fingerprint density at radius 1 is 1.30 bits per heavy atom. The molecule has 0 fully saturated rings. The van der Waals surface area contributed by atoms with E-state index >= 15 is 0 Å². The highest BCUT2D eigenvalue weighted by atomic mass is 16.5. The number of carbonyl (C=O) groups is 1. The lowest BCUT2D eigenvalue weighted by Gasteiger charge is -2.15. The molecule has 0 radical (unpaired) electrons.